The molecular formula is C31H35F6N7O. The summed E-state index contributed by atoms with van der Waals surface area (Å²) in [5, 5.41) is 3.60. The molecule has 3 fully saturated rings. The average Bonchev–Trinajstić information content (AvgIpc) is 3.44. The summed E-state index contributed by atoms with van der Waals surface area (Å²) in [5.74, 6) is -2.46. The van der Waals surface area contributed by atoms with Crippen molar-refractivity contribution in [3.8, 4) is 17.3 Å². The van der Waals surface area contributed by atoms with E-state index < -0.39 is 46.3 Å². The second-order valence-corrected chi connectivity index (χ2v) is 12.8. The average molecular weight is 636 g/mol. The van der Waals surface area contributed by atoms with Crippen molar-refractivity contribution in [2.45, 2.75) is 82.3 Å². The van der Waals surface area contributed by atoms with Gasteiger partial charge in [0.1, 0.15) is 35.7 Å². The van der Waals surface area contributed by atoms with Gasteiger partial charge in [-0.3, -0.25) is 4.90 Å². The summed E-state index contributed by atoms with van der Waals surface area (Å²) in [6.45, 7) is 5.39. The molecule has 0 spiro atoms. The Bertz CT molecular complexity index is 1670. The molecule has 8 nitrogen and oxygen atoms in total. The van der Waals surface area contributed by atoms with Gasteiger partial charge in [-0.15, -0.1) is 0 Å². The Morgan fingerprint density at radius 2 is 1.96 bits per heavy atom. The third-order valence-electron chi connectivity index (χ3n) is 10.1. The van der Waals surface area contributed by atoms with Gasteiger partial charge in [0.15, 0.2) is 5.82 Å². The Balaban J connectivity index is 1.44. The number of pyridine rings is 1. The molecule has 0 amide bonds. The van der Waals surface area contributed by atoms with Crippen LogP contribution in [0.15, 0.2) is 6.07 Å². The van der Waals surface area contributed by atoms with Crippen LogP contribution in [-0.2, 0) is 12.6 Å². The molecule has 45 heavy (non-hydrogen) atoms. The molecule has 4 atom stereocenters. The van der Waals surface area contributed by atoms with E-state index in [4.69, 9.17) is 15.5 Å². The maximum atomic E-state index is 16.7. The van der Waals surface area contributed by atoms with Crippen LogP contribution >= 0.6 is 0 Å². The minimum atomic E-state index is -4.96. The highest BCUT2D eigenvalue weighted by Gasteiger charge is 2.49. The van der Waals surface area contributed by atoms with Gasteiger partial charge < -0.3 is 20.7 Å². The summed E-state index contributed by atoms with van der Waals surface area (Å²) in [6.07, 6.45) is -2.69. The largest absolute Gasteiger partial charge is 0.461 e. The number of halogens is 6. The van der Waals surface area contributed by atoms with Crippen LogP contribution in [0.25, 0.3) is 22.2 Å². The van der Waals surface area contributed by atoms with Gasteiger partial charge in [-0.1, -0.05) is 6.92 Å². The lowest BCUT2D eigenvalue weighted by Gasteiger charge is -2.40. The number of aromatic nitrogens is 3. The smallest absolute Gasteiger partial charge is 0.418 e. The van der Waals surface area contributed by atoms with Gasteiger partial charge >= 0.3 is 12.2 Å². The van der Waals surface area contributed by atoms with E-state index in [-0.39, 0.29) is 64.8 Å². The van der Waals surface area contributed by atoms with Gasteiger partial charge in [0, 0.05) is 43.7 Å². The fourth-order valence-corrected chi connectivity index (χ4v) is 7.91. The molecule has 3 saturated heterocycles. The fraction of sp³-hybridized carbons (Fsp3) is 0.581. The van der Waals surface area contributed by atoms with Crippen LogP contribution in [0.5, 0.6) is 6.01 Å². The van der Waals surface area contributed by atoms with Crippen LogP contribution in [0.4, 0.5) is 38.0 Å². The number of anilines is 2. The molecule has 14 heteroatoms. The molecule has 242 valence electrons. The predicted octanol–water partition coefficient (Wildman–Crippen LogP) is 5.34. The second-order valence-electron chi connectivity index (χ2n) is 12.8. The number of ether oxygens (including phenoxy) is 1. The standard InChI is InChI=1S/C31H35F6N7O/c1-3-17-13-44-18(11-39-17)5-6-19-21-27(25(34)22(24(19)33)26-23(31(35,36)37)15(2)9-20(38)40-26)41-29(42-28(21)44)45-14-30-7-4-8-43(30)12-16(32)10-30/h9,16-18,39H,3-8,10-14H2,1-2H3,(H2,38,40)/t16-,17-,18-,30+/m1/s1. The van der Waals surface area contributed by atoms with Gasteiger partial charge in [0.05, 0.1) is 27.7 Å². The van der Waals surface area contributed by atoms with E-state index in [9.17, 15) is 17.6 Å². The maximum absolute atomic E-state index is 16.7. The first-order valence-corrected chi connectivity index (χ1v) is 15.5. The van der Waals surface area contributed by atoms with Gasteiger partial charge in [-0.25, -0.2) is 18.2 Å². The molecule has 1 aromatic carbocycles. The van der Waals surface area contributed by atoms with Crippen LogP contribution in [0, 0.1) is 18.6 Å². The molecule has 2 aromatic heterocycles. The van der Waals surface area contributed by atoms with Gasteiger partial charge in [-0.05, 0) is 57.2 Å². The lowest BCUT2D eigenvalue weighted by molar-refractivity contribution is -0.137. The van der Waals surface area contributed by atoms with E-state index in [0.29, 0.717) is 32.5 Å². The number of rotatable bonds is 5. The number of nitrogens with zero attached hydrogens (tertiary/aromatic N) is 5. The quantitative estimate of drug-likeness (QED) is 0.364. The van der Waals surface area contributed by atoms with Crippen molar-refractivity contribution in [3.63, 3.8) is 0 Å². The molecule has 0 saturated carbocycles. The number of aryl methyl sites for hydroxylation is 2. The first-order chi connectivity index (χ1) is 21.4. The van der Waals surface area contributed by atoms with E-state index in [1.165, 1.54) is 6.92 Å². The molecule has 0 aliphatic carbocycles. The van der Waals surface area contributed by atoms with Crippen LogP contribution in [0.1, 0.15) is 55.7 Å². The van der Waals surface area contributed by atoms with E-state index in [1.54, 1.807) is 0 Å². The number of nitrogen functional groups attached to an aromatic ring is 1. The number of piperazine rings is 1. The fourth-order valence-electron chi connectivity index (χ4n) is 7.91. The molecule has 0 unspecified atom stereocenters. The Morgan fingerprint density at radius 1 is 1.16 bits per heavy atom. The van der Waals surface area contributed by atoms with E-state index in [0.717, 1.165) is 31.9 Å². The zero-order chi connectivity index (χ0) is 31.8. The molecule has 0 radical (unpaired) electrons. The molecule has 4 aliphatic rings. The lowest BCUT2D eigenvalue weighted by atomic mass is 9.94. The Hall–Kier alpha value is -3.39. The summed E-state index contributed by atoms with van der Waals surface area (Å²) in [7, 11) is 0. The molecule has 7 rings (SSSR count). The van der Waals surface area contributed by atoms with Gasteiger partial charge in [0.25, 0.3) is 0 Å². The number of hydrogen-bond donors (Lipinski definition) is 2. The zero-order valence-electron chi connectivity index (χ0n) is 25.1. The number of hydrogen-bond acceptors (Lipinski definition) is 8. The van der Waals surface area contributed by atoms with Crippen molar-refractivity contribution >= 4 is 22.5 Å². The lowest BCUT2D eigenvalue weighted by Crippen LogP contribution is -2.56. The molecular weight excluding hydrogens is 600 g/mol. The Kier molecular flexibility index (Phi) is 7.30. The summed E-state index contributed by atoms with van der Waals surface area (Å²) in [4.78, 5) is 17.0. The summed E-state index contributed by atoms with van der Waals surface area (Å²) < 4.78 is 96.9. The van der Waals surface area contributed by atoms with Gasteiger partial charge in [0.2, 0.25) is 0 Å². The zero-order valence-corrected chi connectivity index (χ0v) is 25.1. The second kappa shape index (κ2) is 10.9. The number of fused-ring (bicyclic) bond motifs is 3. The normalized spacial score (nSPS) is 26.7. The van der Waals surface area contributed by atoms with Gasteiger partial charge in [-0.2, -0.15) is 23.1 Å². The van der Waals surface area contributed by atoms with Crippen LogP contribution in [-0.4, -0.2) is 76.4 Å². The van der Waals surface area contributed by atoms with E-state index >= 15 is 8.78 Å². The monoisotopic (exact) mass is 635 g/mol. The van der Waals surface area contributed by atoms with Crippen molar-refractivity contribution in [2.75, 3.05) is 43.4 Å². The molecule has 3 aromatic rings. The van der Waals surface area contributed by atoms with E-state index in [1.807, 2.05) is 11.8 Å². The maximum Gasteiger partial charge on any atom is 0.418 e. The minimum Gasteiger partial charge on any atom is -0.461 e. The third-order valence-corrected chi connectivity index (χ3v) is 10.1. The Labute approximate surface area is 256 Å². The highest BCUT2D eigenvalue weighted by molar-refractivity contribution is 5.97. The summed E-state index contributed by atoms with van der Waals surface area (Å²) in [6, 6.07) is 0.784. The number of nitrogens with one attached hydrogen (secondary N) is 1. The predicted molar refractivity (Wildman–Crippen MR) is 157 cm³/mol. The molecule has 3 N–H and O–H groups in total. The van der Waals surface area contributed by atoms with Crippen LogP contribution < -0.4 is 20.7 Å². The van der Waals surface area contributed by atoms with Crippen molar-refractivity contribution in [1.29, 1.82) is 0 Å². The first kappa shape index (κ1) is 30.3. The van der Waals surface area contributed by atoms with Crippen molar-refractivity contribution in [3.05, 3.63) is 34.4 Å². The third kappa shape index (κ3) is 4.95. The number of benzene rings is 1. The SMILES string of the molecule is CC[C@@H]1CN2c3nc(OC[C@@]45CCCN4C[C@H](F)C5)nc4c(F)c(-c5nc(N)cc(C)c5C(F)(F)F)c(F)c(c34)CC[C@@H]2CN1. The van der Waals surface area contributed by atoms with Crippen molar-refractivity contribution in [2.24, 2.45) is 0 Å². The summed E-state index contributed by atoms with van der Waals surface area (Å²) in [5.41, 5.74) is 1.52. The van der Waals surface area contributed by atoms with Crippen molar-refractivity contribution < 1.29 is 31.1 Å². The Morgan fingerprint density at radius 3 is 2.71 bits per heavy atom. The van der Waals surface area contributed by atoms with E-state index in [2.05, 4.69) is 20.2 Å². The van der Waals surface area contributed by atoms with Crippen molar-refractivity contribution in [1.82, 2.24) is 25.2 Å². The summed E-state index contributed by atoms with van der Waals surface area (Å²) >= 11 is 0. The molecule has 6 heterocycles. The topological polar surface area (TPSA) is 92.4 Å². The minimum absolute atomic E-state index is 0.0250. The molecule has 4 aliphatic heterocycles. The number of nitrogens with two attached hydrogens (primary N) is 1. The molecule has 0 bridgehead atoms. The van der Waals surface area contributed by atoms with Crippen LogP contribution in [0.3, 0.4) is 0 Å². The number of alkyl halides is 4. The van der Waals surface area contributed by atoms with Crippen LogP contribution in [0.2, 0.25) is 0 Å². The highest BCUT2D eigenvalue weighted by atomic mass is 19.4. The first-order valence-electron chi connectivity index (χ1n) is 15.5. The highest BCUT2D eigenvalue weighted by Crippen LogP contribution is 2.46.